The third-order valence-corrected chi connectivity index (χ3v) is 8.38. The number of benzene rings is 3. The van der Waals surface area contributed by atoms with Crippen molar-refractivity contribution >= 4 is 27.5 Å². The van der Waals surface area contributed by atoms with E-state index in [9.17, 15) is 18.0 Å². The first kappa shape index (κ1) is 30.9. The first-order chi connectivity index (χ1) is 18.7. The van der Waals surface area contributed by atoms with Crippen LogP contribution in [0.25, 0.3) is 0 Å². The Morgan fingerprint density at radius 1 is 0.850 bits per heavy atom. The van der Waals surface area contributed by atoms with Gasteiger partial charge in [0.25, 0.3) is 10.0 Å². The van der Waals surface area contributed by atoms with E-state index in [0.29, 0.717) is 5.69 Å². The van der Waals surface area contributed by atoms with Crippen molar-refractivity contribution in [3.8, 4) is 0 Å². The van der Waals surface area contributed by atoms with E-state index in [4.69, 9.17) is 0 Å². The first-order valence-electron chi connectivity index (χ1n) is 13.5. The zero-order valence-electron chi connectivity index (χ0n) is 24.5. The van der Waals surface area contributed by atoms with Crippen LogP contribution in [0, 0.1) is 6.92 Å². The smallest absolute Gasteiger partial charge is 0.264 e. The van der Waals surface area contributed by atoms with Crippen LogP contribution in [0.5, 0.6) is 0 Å². The monoisotopic (exact) mass is 563 g/mol. The lowest BCUT2D eigenvalue weighted by Crippen LogP contribution is -2.54. The Labute approximate surface area is 239 Å². The van der Waals surface area contributed by atoms with Gasteiger partial charge in [0.1, 0.15) is 12.6 Å². The number of sulfonamides is 1. The molecule has 40 heavy (non-hydrogen) atoms. The Morgan fingerprint density at radius 2 is 1.43 bits per heavy atom. The maximum atomic E-state index is 14.0. The molecule has 0 aliphatic rings. The SMILES string of the molecule is Cc1ccc(CN(C(=O)CN(c2ccc(C(C)C)cc2)S(=O)(=O)c2ccccc2)[C@H](C)C(=O)NC(C)(C)C)cc1. The average molecular weight is 564 g/mol. The second-order valence-electron chi connectivity index (χ2n) is 11.5. The summed E-state index contributed by atoms with van der Waals surface area (Å²) >= 11 is 0. The highest BCUT2D eigenvalue weighted by atomic mass is 32.2. The number of aryl methyl sites for hydroxylation is 1. The van der Waals surface area contributed by atoms with Gasteiger partial charge in [0, 0.05) is 12.1 Å². The van der Waals surface area contributed by atoms with Crippen LogP contribution in [-0.2, 0) is 26.2 Å². The van der Waals surface area contributed by atoms with Gasteiger partial charge >= 0.3 is 0 Å². The lowest BCUT2D eigenvalue weighted by atomic mass is 10.0. The van der Waals surface area contributed by atoms with Crippen LogP contribution < -0.4 is 9.62 Å². The van der Waals surface area contributed by atoms with E-state index in [1.807, 2.05) is 64.1 Å². The Balaban J connectivity index is 2.03. The zero-order chi connectivity index (χ0) is 29.7. The van der Waals surface area contributed by atoms with Gasteiger partial charge in [-0.3, -0.25) is 13.9 Å². The third-order valence-electron chi connectivity index (χ3n) is 6.60. The van der Waals surface area contributed by atoms with E-state index in [-0.39, 0.29) is 23.3 Å². The molecular weight excluding hydrogens is 522 g/mol. The number of amides is 2. The van der Waals surface area contributed by atoms with Crippen LogP contribution in [-0.4, -0.2) is 43.3 Å². The number of hydrogen-bond donors (Lipinski definition) is 1. The predicted octanol–water partition coefficient (Wildman–Crippen LogP) is 5.65. The largest absolute Gasteiger partial charge is 0.350 e. The molecule has 0 heterocycles. The highest BCUT2D eigenvalue weighted by molar-refractivity contribution is 7.92. The van der Waals surface area contributed by atoms with Crippen LogP contribution in [0.15, 0.2) is 83.8 Å². The van der Waals surface area contributed by atoms with Crippen LogP contribution in [0.1, 0.15) is 64.2 Å². The lowest BCUT2D eigenvalue weighted by Gasteiger charge is -2.33. The maximum absolute atomic E-state index is 14.0. The molecule has 1 N–H and O–H groups in total. The van der Waals surface area contributed by atoms with Crippen molar-refractivity contribution in [1.82, 2.24) is 10.2 Å². The van der Waals surface area contributed by atoms with Gasteiger partial charge in [0.15, 0.2) is 0 Å². The molecule has 214 valence electrons. The molecule has 3 aromatic rings. The van der Waals surface area contributed by atoms with Crippen molar-refractivity contribution in [1.29, 1.82) is 0 Å². The van der Waals surface area contributed by atoms with Gasteiger partial charge in [-0.05, 0) is 75.9 Å². The van der Waals surface area contributed by atoms with E-state index in [0.717, 1.165) is 21.0 Å². The number of carbonyl (C=O) groups is 2. The summed E-state index contributed by atoms with van der Waals surface area (Å²) < 4.78 is 28.9. The number of anilines is 1. The Bertz CT molecular complexity index is 1400. The van der Waals surface area contributed by atoms with Crippen molar-refractivity contribution in [2.75, 3.05) is 10.8 Å². The molecule has 0 saturated heterocycles. The van der Waals surface area contributed by atoms with Crippen molar-refractivity contribution in [3.05, 3.63) is 95.6 Å². The Morgan fingerprint density at radius 3 is 1.95 bits per heavy atom. The van der Waals surface area contributed by atoms with E-state index < -0.39 is 34.1 Å². The number of nitrogens with zero attached hydrogens (tertiary/aromatic N) is 2. The van der Waals surface area contributed by atoms with Crippen LogP contribution in [0.2, 0.25) is 0 Å². The van der Waals surface area contributed by atoms with Gasteiger partial charge in [-0.2, -0.15) is 0 Å². The quantitative estimate of drug-likeness (QED) is 0.346. The molecule has 2 amide bonds. The number of rotatable bonds is 10. The van der Waals surface area contributed by atoms with Crippen LogP contribution in [0.3, 0.4) is 0 Å². The second-order valence-corrected chi connectivity index (χ2v) is 13.4. The summed E-state index contributed by atoms with van der Waals surface area (Å²) in [5, 5.41) is 2.94. The van der Waals surface area contributed by atoms with Crippen molar-refractivity contribution in [2.45, 2.75) is 77.4 Å². The molecular formula is C32H41N3O4S. The Hall–Kier alpha value is -3.65. The van der Waals surface area contributed by atoms with Crippen LogP contribution in [0.4, 0.5) is 5.69 Å². The topological polar surface area (TPSA) is 86.8 Å². The van der Waals surface area contributed by atoms with Gasteiger partial charge in [0.2, 0.25) is 11.8 Å². The predicted molar refractivity (Wildman–Crippen MR) is 161 cm³/mol. The van der Waals surface area contributed by atoms with E-state index in [1.165, 1.54) is 17.0 Å². The Kier molecular flexibility index (Phi) is 9.79. The van der Waals surface area contributed by atoms with Gasteiger partial charge in [0.05, 0.1) is 10.6 Å². The molecule has 7 nitrogen and oxygen atoms in total. The summed E-state index contributed by atoms with van der Waals surface area (Å²) in [6, 6.07) is 22.1. The fraction of sp³-hybridized carbons (Fsp3) is 0.375. The van der Waals surface area contributed by atoms with Gasteiger partial charge in [-0.25, -0.2) is 8.42 Å². The molecule has 3 rings (SSSR count). The number of nitrogens with one attached hydrogen (secondary N) is 1. The van der Waals surface area contributed by atoms with Crippen molar-refractivity contribution < 1.29 is 18.0 Å². The van der Waals surface area contributed by atoms with Gasteiger partial charge in [-0.1, -0.05) is 74.0 Å². The van der Waals surface area contributed by atoms with E-state index in [2.05, 4.69) is 19.2 Å². The zero-order valence-corrected chi connectivity index (χ0v) is 25.3. The number of carbonyl (C=O) groups excluding carboxylic acids is 2. The number of hydrogen-bond acceptors (Lipinski definition) is 4. The average Bonchev–Trinajstić information content (AvgIpc) is 2.90. The summed E-state index contributed by atoms with van der Waals surface area (Å²) in [5.74, 6) is -0.529. The summed E-state index contributed by atoms with van der Waals surface area (Å²) in [7, 11) is -4.08. The molecule has 0 aliphatic heterocycles. The molecule has 3 aromatic carbocycles. The summed E-state index contributed by atoms with van der Waals surface area (Å²) in [5.41, 5.74) is 2.85. The van der Waals surface area contributed by atoms with Crippen LogP contribution >= 0.6 is 0 Å². The summed E-state index contributed by atoms with van der Waals surface area (Å²) in [4.78, 5) is 28.7. The minimum absolute atomic E-state index is 0.0827. The van der Waals surface area contributed by atoms with Gasteiger partial charge in [-0.15, -0.1) is 0 Å². The van der Waals surface area contributed by atoms with E-state index >= 15 is 0 Å². The molecule has 0 saturated carbocycles. The lowest BCUT2D eigenvalue weighted by molar-refractivity contribution is -0.140. The third kappa shape index (κ3) is 7.94. The van der Waals surface area contributed by atoms with Crippen molar-refractivity contribution in [2.24, 2.45) is 0 Å². The minimum atomic E-state index is -4.08. The highest BCUT2D eigenvalue weighted by Crippen LogP contribution is 2.26. The molecule has 0 spiro atoms. The minimum Gasteiger partial charge on any atom is -0.350 e. The van der Waals surface area contributed by atoms with E-state index in [1.54, 1.807) is 37.3 Å². The molecule has 0 radical (unpaired) electrons. The molecule has 1 atom stereocenters. The first-order valence-corrected chi connectivity index (χ1v) is 15.0. The standard InChI is InChI=1S/C32H41N3O4S/c1-23(2)27-17-19-28(20-18-27)35(40(38,39)29-11-9-8-10-12-29)22-30(36)34(21-26-15-13-24(3)14-16-26)25(4)31(37)33-32(5,6)7/h8-20,23,25H,21-22H2,1-7H3,(H,33,37)/t25-/m1/s1. The highest BCUT2D eigenvalue weighted by Gasteiger charge is 2.33. The fourth-order valence-electron chi connectivity index (χ4n) is 4.22. The maximum Gasteiger partial charge on any atom is 0.264 e. The normalized spacial score (nSPS) is 12.6. The fourth-order valence-corrected chi connectivity index (χ4v) is 5.66. The molecule has 0 aliphatic carbocycles. The molecule has 0 unspecified atom stereocenters. The van der Waals surface area contributed by atoms with Crippen molar-refractivity contribution in [3.63, 3.8) is 0 Å². The molecule has 0 bridgehead atoms. The molecule has 0 fully saturated rings. The second kappa shape index (κ2) is 12.7. The van der Waals surface area contributed by atoms with Gasteiger partial charge < -0.3 is 10.2 Å². The summed E-state index contributed by atoms with van der Waals surface area (Å²) in [6.07, 6.45) is 0. The molecule has 0 aromatic heterocycles. The molecule has 8 heteroatoms. The summed E-state index contributed by atoms with van der Waals surface area (Å²) in [6.45, 7) is 13.1.